The molecule has 2 heterocycles. The number of hydrogen-bond acceptors (Lipinski definition) is 5. The Morgan fingerprint density at radius 1 is 1.07 bits per heavy atom. The first-order valence-electron chi connectivity index (χ1n) is 9.25. The number of aromatic nitrogens is 3. The summed E-state index contributed by atoms with van der Waals surface area (Å²) < 4.78 is 28.2. The summed E-state index contributed by atoms with van der Waals surface area (Å²) in [6.07, 6.45) is 7.43. The van der Waals surface area contributed by atoms with Crippen LogP contribution >= 0.6 is 0 Å². The molecule has 0 spiro atoms. The van der Waals surface area contributed by atoms with Gasteiger partial charge in [0.1, 0.15) is 11.6 Å². The van der Waals surface area contributed by atoms with Crippen LogP contribution in [0.5, 0.6) is 0 Å². The van der Waals surface area contributed by atoms with Crippen LogP contribution in [0.15, 0.2) is 48.9 Å². The van der Waals surface area contributed by atoms with Crippen LogP contribution in [0.25, 0.3) is 11.1 Å². The van der Waals surface area contributed by atoms with Gasteiger partial charge >= 0.3 is 0 Å². The van der Waals surface area contributed by atoms with Crippen molar-refractivity contribution in [3.63, 3.8) is 0 Å². The van der Waals surface area contributed by atoms with Gasteiger partial charge in [-0.05, 0) is 42.7 Å². The molecule has 1 amide bonds. The number of amides is 1. The van der Waals surface area contributed by atoms with E-state index in [9.17, 15) is 13.6 Å². The zero-order valence-corrected chi connectivity index (χ0v) is 15.5. The largest absolute Gasteiger partial charge is 0.366 e. The fourth-order valence-electron chi connectivity index (χ4n) is 3.59. The summed E-state index contributed by atoms with van der Waals surface area (Å²) in [6, 6.07) is 7.15. The molecule has 0 saturated heterocycles. The average Bonchev–Trinajstić information content (AvgIpc) is 2.68. The number of nitrogens with two attached hydrogens (primary N) is 1. The van der Waals surface area contributed by atoms with Crippen LogP contribution in [0.4, 0.5) is 14.7 Å². The van der Waals surface area contributed by atoms with Gasteiger partial charge in [-0.2, -0.15) is 0 Å². The maximum atomic E-state index is 14.2. The minimum absolute atomic E-state index is 0.166. The van der Waals surface area contributed by atoms with E-state index in [1.807, 2.05) is 0 Å². The molecule has 0 unspecified atom stereocenters. The normalized spacial score (nSPS) is 14.8. The Balaban J connectivity index is 1.48. The number of anilines is 1. The lowest BCUT2D eigenvalue weighted by atomic mass is 9.66. The van der Waals surface area contributed by atoms with Crippen LogP contribution in [-0.2, 0) is 5.41 Å². The lowest BCUT2D eigenvalue weighted by molar-refractivity contribution is 0.0996. The van der Waals surface area contributed by atoms with Gasteiger partial charge < -0.3 is 11.1 Å². The minimum atomic E-state index is -0.820. The zero-order chi connectivity index (χ0) is 20.4. The quantitative estimate of drug-likeness (QED) is 0.667. The molecule has 1 fully saturated rings. The Hall–Kier alpha value is -3.42. The van der Waals surface area contributed by atoms with E-state index < -0.39 is 11.7 Å². The van der Waals surface area contributed by atoms with Gasteiger partial charge in [0.25, 0.3) is 5.91 Å². The average molecular weight is 395 g/mol. The molecule has 1 saturated carbocycles. The summed E-state index contributed by atoms with van der Waals surface area (Å²) in [5.41, 5.74) is 6.20. The SMILES string of the molecule is NC(=O)c1ccc(-c2cnc(NCC3(c4ncccc4F)CCC3)nc2)cc1F. The van der Waals surface area contributed by atoms with Gasteiger partial charge in [0, 0.05) is 36.1 Å². The van der Waals surface area contributed by atoms with Crippen LogP contribution in [-0.4, -0.2) is 27.4 Å². The third-order valence-electron chi connectivity index (χ3n) is 5.38. The summed E-state index contributed by atoms with van der Waals surface area (Å²) in [5, 5.41) is 3.16. The first kappa shape index (κ1) is 18.9. The molecule has 3 aromatic rings. The molecular formula is C21H19F2N5O. The number of carbonyl (C=O) groups is 1. The Kier molecular flexibility index (Phi) is 4.92. The zero-order valence-electron chi connectivity index (χ0n) is 15.5. The number of nitrogens with zero attached hydrogens (tertiary/aromatic N) is 3. The highest BCUT2D eigenvalue weighted by Gasteiger charge is 2.41. The van der Waals surface area contributed by atoms with Crippen LogP contribution in [0.1, 0.15) is 35.3 Å². The number of carbonyl (C=O) groups excluding carboxylic acids is 1. The molecule has 148 valence electrons. The van der Waals surface area contributed by atoms with Crippen molar-refractivity contribution < 1.29 is 13.6 Å². The Morgan fingerprint density at radius 2 is 1.83 bits per heavy atom. The van der Waals surface area contributed by atoms with E-state index in [1.54, 1.807) is 30.7 Å². The van der Waals surface area contributed by atoms with Crippen molar-refractivity contribution in [3.05, 3.63) is 71.8 Å². The van der Waals surface area contributed by atoms with Gasteiger partial charge in [-0.15, -0.1) is 0 Å². The molecule has 4 rings (SSSR count). The molecule has 2 aromatic heterocycles. The first-order valence-corrected chi connectivity index (χ1v) is 9.25. The van der Waals surface area contributed by atoms with E-state index in [4.69, 9.17) is 5.73 Å². The van der Waals surface area contributed by atoms with E-state index in [1.165, 1.54) is 18.2 Å². The van der Waals surface area contributed by atoms with Crippen molar-refractivity contribution in [2.45, 2.75) is 24.7 Å². The lowest BCUT2D eigenvalue weighted by Crippen LogP contribution is -2.42. The topological polar surface area (TPSA) is 93.8 Å². The molecule has 29 heavy (non-hydrogen) atoms. The summed E-state index contributed by atoms with van der Waals surface area (Å²) in [4.78, 5) is 23.9. The molecule has 1 aliphatic carbocycles. The molecular weight excluding hydrogens is 376 g/mol. The van der Waals surface area contributed by atoms with Gasteiger partial charge in [0.2, 0.25) is 5.95 Å². The van der Waals surface area contributed by atoms with E-state index in [0.29, 0.717) is 29.3 Å². The Bertz CT molecular complexity index is 1050. The molecule has 0 aliphatic heterocycles. The van der Waals surface area contributed by atoms with Crippen molar-refractivity contribution in [3.8, 4) is 11.1 Å². The Labute approximate surface area is 166 Å². The molecule has 0 radical (unpaired) electrons. The highest BCUT2D eigenvalue weighted by Crippen LogP contribution is 2.43. The standard InChI is InChI=1S/C21H19F2N5O/c22-16-3-1-8-25-18(16)21(6-2-7-21)12-28-20-26-10-14(11-27-20)13-4-5-15(19(24)29)17(23)9-13/h1,3-5,8-11H,2,6-7,12H2,(H2,24,29)(H,26,27,28). The van der Waals surface area contributed by atoms with Gasteiger partial charge in [-0.3, -0.25) is 9.78 Å². The van der Waals surface area contributed by atoms with Crippen LogP contribution in [0, 0.1) is 11.6 Å². The summed E-state index contributed by atoms with van der Waals surface area (Å²) >= 11 is 0. The molecule has 6 nitrogen and oxygen atoms in total. The first-order chi connectivity index (χ1) is 14.0. The van der Waals surface area contributed by atoms with Gasteiger partial charge in [0.05, 0.1) is 11.3 Å². The number of rotatable bonds is 6. The van der Waals surface area contributed by atoms with Crippen molar-refractivity contribution in [2.24, 2.45) is 5.73 Å². The second-order valence-corrected chi connectivity index (χ2v) is 7.18. The van der Waals surface area contributed by atoms with E-state index in [-0.39, 0.29) is 16.8 Å². The van der Waals surface area contributed by atoms with E-state index >= 15 is 0 Å². The van der Waals surface area contributed by atoms with Gasteiger partial charge in [-0.25, -0.2) is 18.7 Å². The van der Waals surface area contributed by atoms with Gasteiger partial charge in [0.15, 0.2) is 0 Å². The second kappa shape index (κ2) is 7.54. The smallest absolute Gasteiger partial charge is 0.251 e. The highest BCUT2D eigenvalue weighted by molar-refractivity contribution is 5.93. The molecule has 1 aromatic carbocycles. The maximum absolute atomic E-state index is 14.2. The third kappa shape index (κ3) is 3.65. The number of pyridine rings is 1. The number of halogens is 2. The summed E-state index contributed by atoms with van der Waals surface area (Å²) in [7, 11) is 0. The number of primary amides is 1. The predicted molar refractivity (Wildman–Crippen MR) is 104 cm³/mol. The van der Waals surface area contributed by atoms with Gasteiger partial charge in [-0.1, -0.05) is 12.5 Å². The third-order valence-corrected chi connectivity index (χ3v) is 5.38. The number of benzene rings is 1. The Morgan fingerprint density at radius 3 is 2.41 bits per heavy atom. The molecule has 8 heteroatoms. The fraction of sp³-hybridized carbons (Fsp3) is 0.238. The summed E-state index contributed by atoms with van der Waals surface area (Å²) in [6.45, 7) is 0.474. The van der Waals surface area contributed by atoms with Crippen LogP contribution in [0.3, 0.4) is 0 Å². The number of nitrogens with one attached hydrogen (secondary N) is 1. The van der Waals surface area contributed by atoms with Crippen molar-refractivity contribution in [1.82, 2.24) is 15.0 Å². The molecule has 0 atom stereocenters. The van der Waals surface area contributed by atoms with E-state index in [2.05, 4.69) is 20.3 Å². The lowest BCUT2D eigenvalue weighted by Gasteiger charge is -2.41. The van der Waals surface area contributed by atoms with Crippen LogP contribution in [0.2, 0.25) is 0 Å². The minimum Gasteiger partial charge on any atom is -0.366 e. The fourth-order valence-corrected chi connectivity index (χ4v) is 3.59. The molecule has 3 N–H and O–H groups in total. The number of hydrogen-bond donors (Lipinski definition) is 2. The second-order valence-electron chi connectivity index (χ2n) is 7.18. The molecule has 0 bridgehead atoms. The highest BCUT2D eigenvalue weighted by atomic mass is 19.1. The van der Waals surface area contributed by atoms with Crippen molar-refractivity contribution >= 4 is 11.9 Å². The molecule has 1 aliphatic rings. The van der Waals surface area contributed by atoms with E-state index in [0.717, 1.165) is 19.3 Å². The monoisotopic (exact) mass is 395 g/mol. The predicted octanol–water partition coefficient (Wildman–Crippen LogP) is 3.45. The van der Waals surface area contributed by atoms with Crippen LogP contribution < -0.4 is 11.1 Å². The maximum Gasteiger partial charge on any atom is 0.251 e. The summed E-state index contributed by atoms with van der Waals surface area (Å²) in [5.74, 6) is -1.42. The van der Waals surface area contributed by atoms with Crippen molar-refractivity contribution in [2.75, 3.05) is 11.9 Å². The van der Waals surface area contributed by atoms with Crippen molar-refractivity contribution in [1.29, 1.82) is 0 Å².